The molecule has 1 aromatic rings. The molecule has 0 amide bonds. The van der Waals surface area contributed by atoms with Crippen LogP contribution in [0.3, 0.4) is 0 Å². The summed E-state index contributed by atoms with van der Waals surface area (Å²) in [5.41, 5.74) is 10.1. The Labute approximate surface area is 124 Å². The number of methoxy groups -OCH3 is 1. The number of hydrogen-bond acceptors (Lipinski definition) is 3. The number of aryl methyl sites for hydroxylation is 2. The fourth-order valence-corrected chi connectivity index (χ4v) is 2.67. The third-order valence-electron chi connectivity index (χ3n) is 4.13. The number of ether oxygens (including phenoxy) is 1. The molecule has 0 bridgehead atoms. The molecular weight excluding hydrogens is 248 g/mol. The summed E-state index contributed by atoms with van der Waals surface area (Å²) in [7, 11) is 1.75. The third kappa shape index (κ3) is 4.30. The molecule has 0 saturated carbocycles. The average Bonchev–Trinajstić information content (AvgIpc) is 2.45. The van der Waals surface area contributed by atoms with Gasteiger partial charge in [-0.15, -0.1) is 0 Å². The third-order valence-corrected chi connectivity index (χ3v) is 4.13. The monoisotopic (exact) mass is 278 g/mol. The van der Waals surface area contributed by atoms with Gasteiger partial charge in [0, 0.05) is 32.3 Å². The minimum atomic E-state index is 0.264. The van der Waals surface area contributed by atoms with Gasteiger partial charge in [0.05, 0.1) is 6.61 Å². The Morgan fingerprint density at radius 1 is 1.30 bits per heavy atom. The predicted molar refractivity (Wildman–Crippen MR) is 86.0 cm³/mol. The van der Waals surface area contributed by atoms with Crippen LogP contribution in [0.25, 0.3) is 0 Å². The van der Waals surface area contributed by atoms with E-state index in [0.717, 1.165) is 19.6 Å². The lowest BCUT2D eigenvalue weighted by molar-refractivity contribution is 0.0900. The van der Waals surface area contributed by atoms with E-state index in [1.807, 2.05) is 0 Å². The number of benzene rings is 1. The van der Waals surface area contributed by atoms with Gasteiger partial charge in [0.15, 0.2) is 0 Å². The highest BCUT2D eigenvalue weighted by atomic mass is 16.5. The van der Waals surface area contributed by atoms with Crippen LogP contribution in [-0.2, 0) is 4.74 Å². The molecule has 2 N–H and O–H groups in total. The first-order valence-corrected chi connectivity index (χ1v) is 7.57. The number of nitrogens with two attached hydrogens (primary N) is 1. The van der Waals surface area contributed by atoms with E-state index in [1.165, 1.54) is 16.7 Å². The maximum Gasteiger partial charge on any atom is 0.0590 e. The van der Waals surface area contributed by atoms with Crippen LogP contribution in [0.5, 0.6) is 0 Å². The van der Waals surface area contributed by atoms with Gasteiger partial charge in [0.1, 0.15) is 0 Å². The maximum atomic E-state index is 6.11. The molecule has 0 aromatic heterocycles. The van der Waals surface area contributed by atoms with Crippen LogP contribution in [0, 0.1) is 13.8 Å². The molecule has 0 fully saturated rings. The molecule has 0 aliphatic rings. The van der Waals surface area contributed by atoms with Crippen molar-refractivity contribution in [3.8, 4) is 0 Å². The number of nitrogens with zero attached hydrogens (tertiary/aromatic N) is 1. The van der Waals surface area contributed by atoms with Crippen LogP contribution in [-0.4, -0.2) is 37.7 Å². The first-order valence-electron chi connectivity index (χ1n) is 7.57. The molecule has 114 valence electrons. The van der Waals surface area contributed by atoms with Gasteiger partial charge in [0.25, 0.3) is 0 Å². The van der Waals surface area contributed by atoms with Crippen molar-refractivity contribution in [1.29, 1.82) is 0 Å². The highest BCUT2D eigenvalue weighted by Crippen LogP contribution is 2.26. The molecule has 2 unspecified atom stereocenters. The molecule has 0 spiro atoms. The van der Waals surface area contributed by atoms with E-state index in [0.29, 0.717) is 12.6 Å². The van der Waals surface area contributed by atoms with Crippen molar-refractivity contribution in [2.24, 2.45) is 5.73 Å². The summed E-state index contributed by atoms with van der Waals surface area (Å²) < 4.78 is 5.27. The van der Waals surface area contributed by atoms with Crippen molar-refractivity contribution < 1.29 is 4.74 Å². The lowest BCUT2D eigenvalue weighted by atomic mass is 9.96. The Balaban J connectivity index is 3.07. The molecule has 0 heterocycles. The Bertz CT molecular complexity index is 406. The topological polar surface area (TPSA) is 38.5 Å². The van der Waals surface area contributed by atoms with Gasteiger partial charge in [-0.1, -0.05) is 30.7 Å². The van der Waals surface area contributed by atoms with Gasteiger partial charge in [-0.25, -0.2) is 0 Å². The molecule has 3 heteroatoms. The summed E-state index contributed by atoms with van der Waals surface area (Å²) in [5.74, 6) is 0. The number of rotatable bonds is 8. The Morgan fingerprint density at radius 3 is 2.55 bits per heavy atom. The second kappa shape index (κ2) is 8.40. The van der Waals surface area contributed by atoms with Crippen LogP contribution in [0.2, 0.25) is 0 Å². The standard InChI is InChI=1S/C17H30N2O/c1-6-15(4)19(9-10-20-5)17(12-18)16-11-13(2)7-8-14(16)3/h7-8,11,15,17H,6,9-10,12,18H2,1-5H3. The van der Waals surface area contributed by atoms with Gasteiger partial charge in [-0.2, -0.15) is 0 Å². The van der Waals surface area contributed by atoms with Crippen molar-refractivity contribution >= 4 is 0 Å². The van der Waals surface area contributed by atoms with Crippen molar-refractivity contribution in [1.82, 2.24) is 4.90 Å². The minimum Gasteiger partial charge on any atom is -0.383 e. The van der Waals surface area contributed by atoms with Crippen molar-refractivity contribution in [3.63, 3.8) is 0 Å². The minimum absolute atomic E-state index is 0.264. The molecule has 20 heavy (non-hydrogen) atoms. The van der Waals surface area contributed by atoms with Crippen molar-refractivity contribution in [2.75, 3.05) is 26.8 Å². The van der Waals surface area contributed by atoms with E-state index in [1.54, 1.807) is 7.11 Å². The highest BCUT2D eigenvalue weighted by molar-refractivity contribution is 5.33. The lowest BCUT2D eigenvalue weighted by Crippen LogP contribution is -2.42. The van der Waals surface area contributed by atoms with Gasteiger partial charge in [-0.3, -0.25) is 4.90 Å². The largest absolute Gasteiger partial charge is 0.383 e. The van der Waals surface area contributed by atoms with E-state index in [2.05, 4.69) is 50.8 Å². The van der Waals surface area contributed by atoms with Gasteiger partial charge < -0.3 is 10.5 Å². The second-order valence-corrected chi connectivity index (χ2v) is 5.60. The summed E-state index contributed by atoms with van der Waals surface area (Å²) in [6, 6.07) is 7.39. The molecule has 0 aliphatic heterocycles. The molecule has 0 aliphatic carbocycles. The second-order valence-electron chi connectivity index (χ2n) is 5.60. The first-order chi connectivity index (χ1) is 9.54. The van der Waals surface area contributed by atoms with Gasteiger partial charge >= 0.3 is 0 Å². The van der Waals surface area contributed by atoms with Crippen LogP contribution in [0.1, 0.15) is 43.0 Å². The van der Waals surface area contributed by atoms with E-state index in [4.69, 9.17) is 10.5 Å². The zero-order valence-corrected chi connectivity index (χ0v) is 13.6. The molecule has 0 radical (unpaired) electrons. The van der Waals surface area contributed by atoms with Crippen LogP contribution >= 0.6 is 0 Å². The summed E-state index contributed by atoms with van der Waals surface area (Å²) >= 11 is 0. The Hall–Kier alpha value is -0.900. The zero-order valence-electron chi connectivity index (χ0n) is 13.6. The van der Waals surface area contributed by atoms with Crippen LogP contribution in [0.15, 0.2) is 18.2 Å². The fraction of sp³-hybridized carbons (Fsp3) is 0.647. The summed E-state index contributed by atoms with van der Waals surface area (Å²) in [6.45, 7) is 11.1. The number of hydrogen-bond donors (Lipinski definition) is 1. The molecule has 2 atom stereocenters. The summed E-state index contributed by atoms with van der Waals surface area (Å²) in [5, 5.41) is 0. The Kier molecular flexibility index (Phi) is 7.20. The van der Waals surface area contributed by atoms with E-state index >= 15 is 0 Å². The molecule has 1 rings (SSSR count). The zero-order chi connectivity index (χ0) is 15.1. The lowest BCUT2D eigenvalue weighted by Gasteiger charge is -2.36. The fourth-order valence-electron chi connectivity index (χ4n) is 2.67. The van der Waals surface area contributed by atoms with Crippen molar-refractivity contribution in [3.05, 3.63) is 34.9 Å². The normalized spacial score (nSPS) is 14.6. The predicted octanol–water partition coefficient (Wildman–Crippen LogP) is 3.05. The van der Waals surface area contributed by atoms with Gasteiger partial charge in [0.2, 0.25) is 0 Å². The van der Waals surface area contributed by atoms with Crippen LogP contribution < -0.4 is 5.73 Å². The highest BCUT2D eigenvalue weighted by Gasteiger charge is 2.24. The molecule has 1 aromatic carbocycles. The maximum absolute atomic E-state index is 6.11. The van der Waals surface area contributed by atoms with E-state index < -0.39 is 0 Å². The average molecular weight is 278 g/mol. The summed E-state index contributed by atoms with van der Waals surface area (Å²) in [6.07, 6.45) is 1.12. The first kappa shape index (κ1) is 17.2. The van der Waals surface area contributed by atoms with E-state index in [9.17, 15) is 0 Å². The van der Waals surface area contributed by atoms with Gasteiger partial charge in [-0.05, 0) is 38.3 Å². The molecule has 3 nitrogen and oxygen atoms in total. The SMILES string of the molecule is CCC(C)N(CCOC)C(CN)c1cc(C)ccc1C. The van der Waals surface area contributed by atoms with E-state index in [-0.39, 0.29) is 6.04 Å². The molecular formula is C17H30N2O. The quantitative estimate of drug-likeness (QED) is 0.794. The van der Waals surface area contributed by atoms with Crippen LogP contribution in [0.4, 0.5) is 0 Å². The summed E-state index contributed by atoms with van der Waals surface area (Å²) in [4.78, 5) is 2.48. The van der Waals surface area contributed by atoms with Crippen molar-refractivity contribution in [2.45, 2.75) is 46.2 Å². The molecule has 0 saturated heterocycles. The smallest absolute Gasteiger partial charge is 0.0590 e. The Morgan fingerprint density at radius 2 is 2.00 bits per heavy atom.